The van der Waals surface area contributed by atoms with Crippen LogP contribution in [-0.2, 0) is 20.9 Å². The summed E-state index contributed by atoms with van der Waals surface area (Å²) in [6.07, 6.45) is 3.43. The smallest absolute Gasteiger partial charge is 0.249 e. The van der Waals surface area contributed by atoms with Crippen LogP contribution in [0.5, 0.6) is 0 Å². The summed E-state index contributed by atoms with van der Waals surface area (Å²) in [5.41, 5.74) is 1.00. The summed E-state index contributed by atoms with van der Waals surface area (Å²) in [5, 5.41) is 0. The zero-order valence-corrected chi connectivity index (χ0v) is 15.6. The highest BCUT2D eigenvalue weighted by Crippen LogP contribution is 2.17. The summed E-state index contributed by atoms with van der Waals surface area (Å²) in [7, 11) is 0. The van der Waals surface area contributed by atoms with Crippen molar-refractivity contribution in [1.29, 1.82) is 0 Å². The fourth-order valence-electron chi connectivity index (χ4n) is 3.58. The Balaban J connectivity index is 1.42. The number of ether oxygens (including phenoxy) is 1. The topological polar surface area (TPSA) is 78.9 Å². The minimum Gasteiger partial charge on any atom is -0.369 e. The van der Waals surface area contributed by atoms with E-state index in [9.17, 15) is 9.59 Å². The first-order valence-electron chi connectivity index (χ1n) is 9.44. The minimum absolute atomic E-state index is 0.0235. The van der Waals surface area contributed by atoms with Gasteiger partial charge in [0.2, 0.25) is 17.8 Å². The van der Waals surface area contributed by atoms with Crippen molar-refractivity contribution in [2.75, 3.05) is 44.3 Å². The number of amides is 2. The Hall–Kier alpha value is -3.00. The highest BCUT2D eigenvalue weighted by molar-refractivity contribution is 5.89. The maximum atomic E-state index is 13.1. The van der Waals surface area contributed by atoms with Gasteiger partial charge < -0.3 is 19.4 Å². The van der Waals surface area contributed by atoms with E-state index in [-0.39, 0.29) is 25.0 Å². The lowest BCUT2D eigenvalue weighted by molar-refractivity contribution is -0.160. The molecular formula is C20H23N5O3. The molecule has 3 heterocycles. The highest BCUT2D eigenvalue weighted by Gasteiger charge is 2.37. The van der Waals surface area contributed by atoms with Crippen molar-refractivity contribution in [2.24, 2.45) is 0 Å². The first-order chi connectivity index (χ1) is 13.7. The maximum Gasteiger partial charge on any atom is 0.249 e. The van der Waals surface area contributed by atoms with Crippen LogP contribution in [0.2, 0.25) is 0 Å². The van der Waals surface area contributed by atoms with Gasteiger partial charge in [-0.25, -0.2) is 9.97 Å². The number of hydrogen-bond acceptors (Lipinski definition) is 6. The molecule has 0 N–H and O–H groups in total. The molecule has 146 valence electrons. The van der Waals surface area contributed by atoms with Gasteiger partial charge in [0.15, 0.2) is 0 Å². The fraction of sp³-hybridized carbons (Fsp3) is 0.400. The standard InChI is InChI=1S/C20H23N5O3/c26-18-15-28-14-17(25(18)13-16-5-2-1-3-6-16)19(27)23-9-11-24(12-10-23)20-21-7-4-8-22-20/h1-8,17H,9-15H2/t17-/m1/s1. The summed E-state index contributed by atoms with van der Waals surface area (Å²) in [6.45, 7) is 3.14. The Morgan fingerprint density at radius 3 is 2.46 bits per heavy atom. The van der Waals surface area contributed by atoms with Crippen molar-refractivity contribution in [3.63, 3.8) is 0 Å². The van der Waals surface area contributed by atoms with Crippen molar-refractivity contribution in [2.45, 2.75) is 12.6 Å². The van der Waals surface area contributed by atoms with Crippen LogP contribution >= 0.6 is 0 Å². The van der Waals surface area contributed by atoms with Crippen molar-refractivity contribution in [3.05, 3.63) is 54.4 Å². The van der Waals surface area contributed by atoms with Crippen molar-refractivity contribution < 1.29 is 14.3 Å². The van der Waals surface area contributed by atoms with Crippen molar-refractivity contribution in [3.8, 4) is 0 Å². The number of aromatic nitrogens is 2. The molecule has 8 heteroatoms. The minimum atomic E-state index is -0.582. The van der Waals surface area contributed by atoms with Gasteiger partial charge in [-0.15, -0.1) is 0 Å². The van der Waals surface area contributed by atoms with E-state index in [0.29, 0.717) is 38.7 Å². The second-order valence-corrected chi connectivity index (χ2v) is 6.90. The van der Waals surface area contributed by atoms with Crippen LogP contribution in [0.4, 0.5) is 5.95 Å². The van der Waals surface area contributed by atoms with E-state index in [1.165, 1.54) is 0 Å². The molecule has 1 aromatic heterocycles. The van der Waals surface area contributed by atoms with Crippen LogP contribution in [0, 0.1) is 0 Å². The van der Waals surface area contributed by atoms with E-state index in [1.807, 2.05) is 35.2 Å². The van der Waals surface area contributed by atoms with E-state index in [2.05, 4.69) is 14.9 Å². The van der Waals surface area contributed by atoms with E-state index < -0.39 is 6.04 Å². The maximum absolute atomic E-state index is 13.1. The zero-order valence-electron chi connectivity index (χ0n) is 15.6. The molecule has 8 nitrogen and oxygen atoms in total. The number of hydrogen-bond donors (Lipinski definition) is 0. The van der Waals surface area contributed by atoms with Gasteiger partial charge in [-0.2, -0.15) is 0 Å². The lowest BCUT2D eigenvalue weighted by atomic mass is 10.1. The van der Waals surface area contributed by atoms with E-state index >= 15 is 0 Å². The molecule has 2 fully saturated rings. The lowest BCUT2D eigenvalue weighted by Crippen LogP contribution is -2.59. The molecule has 2 aliphatic heterocycles. The molecule has 0 unspecified atom stereocenters. The third-order valence-electron chi connectivity index (χ3n) is 5.10. The Morgan fingerprint density at radius 2 is 1.75 bits per heavy atom. The number of rotatable bonds is 4. The second-order valence-electron chi connectivity index (χ2n) is 6.90. The number of benzene rings is 1. The molecule has 0 radical (unpaired) electrons. The zero-order chi connectivity index (χ0) is 19.3. The van der Waals surface area contributed by atoms with Crippen molar-refractivity contribution >= 4 is 17.8 Å². The third-order valence-corrected chi connectivity index (χ3v) is 5.10. The van der Waals surface area contributed by atoms with Crippen LogP contribution < -0.4 is 4.90 Å². The van der Waals surface area contributed by atoms with E-state index in [1.54, 1.807) is 23.4 Å². The number of piperazine rings is 1. The molecule has 0 spiro atoms. The Morgan fingerprint density at radius 1 is 1.04 bits per heavy atom. The molecule has 2 aliphatic rings. The first-order valence-corrected chi connectivity index (χ1v) is 9.44. The largest absolute Gasteiger partial charge is 0.369 e. The Labute approximate surface area is 163 Å². The number of anilines is 1. The van der Waals surface area contributed by atoms with Crippen LogP contribution in [0.3, 0.4) is 0 Å². The van der Waals surface area contributed by atoms with Crippen LogP contribution in [0.25, 0.3) is 0 Å². The van der Waals surface area contributed by atoms with E-state index in [4.69, 9.17) is 4.74 Å². The van der Waals surface area contributed by atoms with Crippen LogP contribution in [0.1, 0.15) is 5.56 Å². The summed E-state index contributed by atoms with van der Waals surface area (Å²) in [6, 6.07) is 10.9. The summed E-state index contributed by atoms with van der Waals surface area (Å²) < 4.78 is 5.40. The predicted octanol–water partition coefficient (Wildman–Crippen LogP) is 0.553. The van der Waals surface area contributed by atoms with Gasteiger partial charge in [0.1, 0.15) is 12.6 Å². The number of carbonyl (C=O) groups is 2. The highest BCUT2D eigenvalue weighted by atomic mass is 16.5. The Kier molecular flexibility index (Phi) is 5.48. The molecule has 0 saturated carbocycles. The second kappa shape index (κ2) is 8.35. The van der Waals surface area contributed by atoms with Gasteiger partial charge in [0.05, 0.1) is 6.61 Å². The molecule has 2 amide bonds. The number of nitrogens with zero attached hydrogens (tertiary/aromatic N) is 5. The quantitative estimate of drug-likeness (QED) is 0.770. The third kappa shape index (κ3) is 3.96. The average molecular weight is 381 g/mol. The molecular weight excluding hydrogens is 358 g/mol. The molecule has 2 saturated heterocycles. The predicted molar refractivity (Wildman–Crippen MR) is 102 cm³/mol. The van der Waals surface area contributed by atoms with Gasteiger partial charge in [-0.1, -0.05) is 30.3 Å². The number of morpholine rings is 1. The molecule has 1 atom stereocenters. The van der Waals surface area contributed by atoms with E-state index in [0.717, 1.165) is 5.56 Å². The van der Waals surface area contributed by atoms with Crippen LogP contribution in [0.15, 0.2) is 48.8 Å². The lowest BCUT2D eigenvalue weighted by Gasteiger charge is -2.40. The normalized spacial score (nSPS) is 20.4. The average Bonchev–Trinajstić information content (AvgIpc) is 2.76. The number of carbonyl (C=O) groups excluding carboxylic acids is 2. The SMILES string of the molecule is O=C([C@H]1COCC(=O)N1Cc1ccccc1)N1CCN(c2ncccn2)CC1. The summed E-state index contributed by atoms with van der Waals surface area (Å²) >= 11 is 0. The van der Waals surface area contributed by atoms with Crippen LogP contribution in [-0.4, -0.2) is 77.0 Å². The molecule has 28 heavy (non-hydrogen) atoms. The summed E-state index contributed by atoms with van der Waals surface area (Å²) in [5.74, 6) is 0.471. The van der Waals surface area contributed by atoms with Gasteiger partial charge >= 0.3 is 0 Å². The molecule has 2 aromatic rings. The molecule has 4 rings (SSSR count). The summed E-state index contributed by atoms with van der Waals surface area (Å²) in [4.78, 5) is 39.6. The molecule has 0 aliphatic carbocycles. The van der Waals surface area contributed by atoms with Gasteiger partial charge in [-0.3, -0.25) is 9.59 Å². The Bertz CT molecular complexity index is 809. The van der Waals surface area contributed by atoms with Gasteiger partial charge in [0.25, 0.3) is 0 Å². The van der Waals surface area contributed by atoms with Gasteiger partial charge in [0, 0.05) is 45.1 Å². The van der Waals surface area contributed by atoms with Crippen molar-refractivity contribution in [1.82, 2.24) is 19.8 Å². The first kappa shape index (κ1) is 18.4. The molecule has 0 bridgehead atoms. The molecule has 1 aromatic carbocycles. The fourth-order valence-corrected chi connectivity index (χ4v) is 3.58. The van der Waals surface area contributed by atoms with Gasteiger partial charge in [-0.05, 0) is 11.6 Å². The monoisotopic (exact) mass is 381 g/mol.